The molecule has 0 amide bonds. The second-order valence-corrected chi connectivity index (χ2v) is 3.66. The van der Waals surface area contributed by atoms with Crippen molar-refractivity contribution in [2.45, 2.75) is 12.2 Å². The number of hydrogen-bond donors (Lipinski definition) is 1. The van der Waals surface area contributed by atoms with Crippen molar-refractivity contribution in [1.29, 1.82) is 0 Å². The van der Waals surface area contributed by atoms with E-state index < -0.39 is 36.4 Å². The lowest BCUT2D eigenvalue weighted by molar-refractivity contribution is -0.146. The SMILES string of the molecule is COC(=O)C(NCC(F)(F)F)c1cc(F)cc(F)c1. The number of carbonyl (C=O) groups is 1. The fraction of sp³-hybridized carbons (Fsp3) is 0.364. The molecule has 8 heteroatoms. The minimum Gasteiger partial charge on any atom is -0.468 e. The molecule has 0 aromatic heterocycles. The fourth-order valence-electron chi connectivity index (χ4n) is 1.41. The zero-order chi connectivity index (χ0) is 14.6. The average molecular weight is 283 g/mol. The number of alkyl halides is 3. The Bertz CT molecular complexity index is 441. The van der Waals surface area contributed by atoms with Crippen LogP contribution in [0, 0.1) is 11.6 Å². The van der Waals surface area contributed by atoms with Crippen molar-refractivity contribution in [3.63, 3.8) is 0 Å². The summed E-state index contributed by atoms with van der Waals surface area (Å²) < 4.78 is 66.6. The number of benzene rings is 1. The Hall–Kier alpha value is -1.70. The van der Waals surface area contributed by atoms with Gasteiger partial charge in [-0.05, 0) is 17.7 Å². The molecule has 0 bridgehead atoms. The molecule has 1 rings (SSSR count). The lowest BCUT2D eigenvalue weighted by atomic mass is 10.1. The Kier molecular flexibility index (Phi) is 4.82. The van der Waals surface area contributed by atoms with Crippen LogP contribution < -0.4 is 5.32 Å². The number of nitrogens with one attached hydrogen (secondary N) is 1. The van der Waals surface area contributed by atoms with E-state index in [2.05, 4.69) is 4.74 Å². The van der Waals surface area contributed by atoms with Gasteiger partial charge in [0.1, 0.15) is 17.7 Å². The molecule has 1 aromatic rings. The van der Waals surface area contributed by atoms with E-state index in [1.54, 1.807) is 0 Å². The van der Waals surface area contributed by atoms with E-state index >= 15 is 0 Å². The van der Waals surface area contributed by atoms with Gasteiger partial charge in [0.15, 0.2) is 0 Å². The number of rotatable bonds is 4. The van der Waals surface area contributed by atoms with Gasteiger partial charge < -0.3 is 4.74 Å². The van der Waals surface area contributed by atoms with Crippen molar-refractivity contribution in [3.05, 3.63) is 35.4 Å². The van der Waals surface area contributed by atoms with Crippen molar-refractivity contribution >= 4 is 5.97 Å². The number of hydrogen-bond acceptors (Lipinski definition) is 3. The second-order valence-electron chi connectivity index (χ2n) is 3.66. The largest absolute Gasteiger partial charge is 0.468 e. The van der Waals surface area contributed by atoms with E-state index in [0.29, 0.717) is 6.07 Å². The summed E-state index contributed by atoms with van der Waals surface area (Å²) in [6, 6.07) is 0.459. The first-order chi connectivity index (χ1) is 8.73. The van der Waals surface area contributed by atoms with Crippen LogP contribution in [0.2, 0.25) is 0 Å². The maximum atomic E-state index is 13.0. The Labute approximate surface area is 105 Å². The number of esters is 1. The van der Waals surface area contributed by atoms with Crippen LogP contribution in [0.4, 0.5) is 22.0 Å². The summed E-state index contributed by atoms with van der Waals surface area (Å²) in [5, 5.41) is 1.85. The highest BCUT2D eigenvalue weighted by molar-refractivity contribution is 5.77. The van der Waals surface area contributed by atoms with Crippen LogP contribution in [0.15, 0.2) is 18.2 Å². The second kappa shape index (κ2) is 5.96. The molecule has 0 radical (unpaired) electrons. The lowest BCUT2D eigenvalue weighted by Crippen LogP contribution is -2.36. The first-order valence-corrected chi connectivity index (χ1v) is 5.07. The molecule has 1 atom stereocenters. The molecule has 0 heterocycles. The molecule has 0 saturated carbocycles. The van der Waals surface area contributed by atoms with Crippen molar-refractivity contribution in [2.24, 2.45) is 0 Å². The molecule has 0 fully saturated rings. The summed E-state index contributed by atoms with van der Waals surface area (Å²) in [4.78, 5) is 11.4. The maximum Gasteiger partial charge on any atom is 0.401 e. The van der Waals surface area contributed by atoms with Crippen LogP contribution in [0.25, 0.3) is 0 Å². The summed E-state index contributed by atoms with van der Waals surface area (Å²) in [6.45, 7) is -1.50. The van der Waals surface area contributed by atoms with Crippen LogP contribution in [-0.4, -0.2) is 25.8 Å². The van der Waals surface area contributed by atoms with Crippen LogP contribution in [0.5, 0.6) is 0 Å². The third-order valence-corrected chi connectivity index (χ3v) is 2.16. The highest BCUT2D eigenvalue weighted by atomic mass is 19.4. The molecule has 19 heavy (non-hydrogen) atoms. The monoisotopic (exact) mass is 283 g/mol. The summed E-state index contributed by atoms with van der Waals surface area (Å²) in [7, 11) is 0.959. The molecule has 0 aliphatic heterocycles. The minimum absolute atomic E-state index is 0.284. The molecule has 0 aliphatic rings. The van der Waals surface area contributed by atoms with E-state index in [4.69, 9.17) is 0 Å². The van der Waals surface area contributed by atoms with Gasteiger partial charge in [-0.25, -0.2) is 13.6 Å². The van der Waals surface area contributed by atoms with Gasteiger partial charge in [-0.1, -0.05) is 0 Å². The van der Waals surface area contributed by atoms with Crippen molar-refractivity contribution in [2.75, 3.05) is 13.7 Å². The molecular weight excluding hydrogens is 273 g/mol. The van der Waals surface area contributed by atoms with Gasteiger partial charge in [-0.2, -0.15) is 13.2 Å². The Morgan fingerprint density at radius 3 is 2.21 bits per heavy atom. The van der Waals surface area contributed by atoms with Gasteiger partial charge in [0.25, 0.3) is 0 Å². The van der Waals surface area contributed by atoms with Crippen LogP contribution in [0.3, 0.4) is 0 Å². The molecule has 1 aromatic carbocycles. The van der Waals surface area contributed by atoms with Gasteiger partial charge in [0.2, 0.25) is 0 Å². The zero-order valence-corrected chi connectivity index (χ0v) is 9.72. The van der Waals surface area contributed by atoms with Gasteiger partial charge in [0, 0.05) is 6.07 Å². The maximum absolute atomic E-state index is 13.0. The van der Waals surface area contributed by atoms with Crippen LogP contribution in [0.1, 0.15) is 11.6 Å². The standard InChI is InChI=1S/C11H10F5NO2/c1-19-10(18)9(17-5-11(14,15)16)6-2-7(12)4-8(13)3-6/h2-4,9,17H,5H2,1H3. The van der Waals surface area contributed by atoms with Crippen LogP contribution in [-0.2, 0) is 9.53 Å². The topological polar surface area (TPSA) is 38.3 Å². The predicted molar refractivity (Wildman–Crippen MR) is 55.2 cm³/mol. The average Bonchev–Trinajstić information content (AvgIpc) is 2.26. The molecule has 0 spiro atoms. The highest BCUT2D eigenvalue weighted by Gasteiger charge is 2.31. The van der Waals surface area contributed by atoms with Crippen molar-refractivity contribution < 1.29 is 31.5 Å². The van der Waals surface area contributed by atoms with Crippen molar-refractivity contribution in [1.82, 2.24) is 5.32 Å². The Morgan fingerprint density at radius 1 is 1.26 bits per heavy atom. The number of ether oxygens (including phenoxy) is 1. The molecule has 106 valence electrons. The Morgan fingerprint density at radius 2 is 1.79 bits per heavy atom. The number of methoxy groups -OCH3 is 1. The highest BCUT2D eigenvalue weighted by Crippen LogP contribution is 2.20. The zero-order valence-electron chi connectivity index (χ0n) is 9.72. The van der Waals surface area contributed by atoms with E-state index in [-0.39, 0.29) is 5.56 Å². The molecule has 3 nitrogen and oxygen atoms in total. The normalized spacial score (nSPS) is 13.2. The van der Waals surface area contributed by atoms with E-state index in [0.717, 1.165) is 19.2 Å². The minimum atomic E-state index is -4.57. The lowest BCUT2D eigenvalue weighted by Gasteiger charge is -2.18. The predicted octanol–water partition coefficient (Wildman–Crippen LogP) is 2.33. The van der Waals surface area contributed by atoms with Crippen molar-refractivity contribution in [3.8, 4) is 0 Å². The molecule has 1 N–H and O–H groups in total. The van der Waals surface area contributed by atoms with E-state index in [1.807, 2.05) is 5.32 Å². The fourth-order valence-corrected chi connectivity index (χ4v) is 1.41. The number of carbonyl (C=O) groups excluding carboxylic acids is 1. The third-order valence-electron chi connectivity index (χ3n) is 2.16. The van der Waals surface area contributed by atoms with Gasteiger partial charge in [-0.15, -0.1) is 0 Å². The van der Waals surface area contributed by atoms with E-state index in [9.17, 15) is 26.7 Å². The number of halogens is 5. The third kappa shape index (κ3) is 4.82. The molecule has 1 unspecified atom stereocenters. The Balaban J connectivity index is 2.99. The molecular formula is C11H10F5NO2. The van der Waals surface area contributed by atoms with Gasteiger partial charge in [-0.3, -0.25) is 5.32 Å². The molecule has 0 aliphatic carbocycles. The van der Waals surface area contributed by atoms with Gasteiger partial charge >= 0.3 is 12.1 Å². The van der Waals surface area contributed by atoms with Crippen LogP contribution >= 0.6 is 0 Å². The molecule has 0 saturated heterocycles. The van der Waals surface area contributed by atoms with E-state index in [1.165, 1.54) is 0 Å². The van der Waals surface area contributed by atoms with Gasteiger partial charge in [0.05, 0.1) is 13.7 Å². The first-order valence-electron chi connectivity index (χ1n) is 5.07. The quantitative estimate of drug-likeness (QED) is 0.681. The first kappa shape index (κ1) is 15.4. The summed E-state index contributed by atoms with van der Waals surface area (Å²) in [5.74, 6) is -3.08. The summed E-state index contributed by atoms with van der Waals surface area (Å²) in [5.41, 5.74) is -0.284. The summed E-state index contributed by atoms with van der Waals surface area (Å²) in [6.07, 6.45) is -4.57. The smallest absolute Gasteiger partial charge is 0.401 e. The summed E-state index contributed by atoms with van der Waals surface area (Å²) >= 11 is 0.